The Hall–Kier alpha value is -0.840. The number of carbonyl (C=O) groups excluding carboxylic acids is 1. The SMILES string of the molecule is C[C@]1(C(=O)OCc2nc3ccccc3s2)CC1(Cl)Cl. The van der Waals surface area contributed by atoms with Gasteiger partial charge in [0.2, 0.25) is 0 Å². The summed E-state index contributed by atoms with van der Waals surface area (Å²) in [5.74, 6) is -0.364. The van der Waals surface area contributed by atoms with Crippen molar-refractivity contribution >= 4 is 50.7 Å². The van der Waals surface area contributed by atoms with Crippen molar-refractivity contribution in [2.45, 2.75) is 24.3 Å². The van der Waals surface area contributed by atoms with Crippen LogP contribution in [0, 0.1) is 5.41 Å². The van der Waals surface area contributed by atoms with Crippen molar-refractivity contribution in [2.24, 2.45) is 5.41 Å². The van der Waals surface area contributed by atoms with Crippen LogP contribution in [-0.4, -0.2) is 15.3 Å². The average molecular weight is 316 g/mol. The summed E-state index contributed by atoms with van der Waals surface area (Å²) in [6.45, 7) is 1.88. The number of ether oxygens (including phenoxy) is 1. The summed E-state index contributed by atoms with van der Waals surface area (Å²) in [6.07, 6.45) is 0.432. The van der Waals surface area contributed by atoms with E-state index in [1.54, 1.807) is 6.92 Å². The van der Waals surface area contributed by atoms with Crippen LogP contribution in [0.25, 0.3) is 10.2 Å². The van der Waals surface area contributed by atoms with Crippen LogP contribution in [0.15, 0.2) is 24.3 Å². The number of alkyl halides is 2. The van der Waals surface area contributed by atoms with Gasteiger partial charge < -0.3 is 4.74 Å². The summed E-state index contributed by atoms with van der Waals surface area (Å²) in [5.41, 5.74) is 0.132. The van der Waals surface area contributed by atoms with Gasteiger partial charge in [-0.2, -0.15) is 0 Å². The zero-order valence-electron chi connectivity index (χ0n) is 10.2. The van der Waals surface area contributed by atoms with E-state index in [0.29, 0.717) is 6.42 Å². The Bertz CT molecular complexity index is 622. The van der Waals surface area contributed by atoms with Crippen molar-refractivity contribution in [3.05, 3.63) is 29.3 Å². The van der Waals surface area contributed by atoms with Crippen LogP contribution in [0.2, 0.25) is 0 Å². The van der Waals surface area contributed by atoms with E-state index in [1.807, 2.05) is 24.3 Å². The lowest BCUT2D eigenvalue weighted by Gasteiger charge is -2.10. The molecular formula is C13H11Cl2NO2S. The van der Waals surface area contributed by atoms with E-state index in [4.69, 9.17) is 27.9 Å². The van der Waals surface area contributed by atoms with E-state index in [0.717, 1.165) is 15.2 Å². The molecule has 0 unspecified atom stereocenters. The van der Waals surface area contributed by atoms with Gasteiger partial charge in [-0.15, -0.1) is 34.5 Å². The monoisotopic (exact) mass is 315 g/mol. The van der Waals surface area contributed by atoms with E-state index in [2.05, 4.69) is 4.98 Å². The van der Waals surface area contributed by atoms with Crippen LogP contribution in [0.4, 0.5) is 0 Å². The van der Waals surface area contributed by atoms with Gasteiger partial charge in [-0.3, -0.25) is 4.79 Å². The van der Waals surface area contributed by atoms with Gasteiger partial charge in [0.25, 0.3) is 0 Å². The topological polar surface area (TPSA) is 39.2 Å². The van der Waals surface area contributed by atoms with E-state index < -0.39 is 9.75 Å². The molecule has 19 heavy (non-hydrogen) atoms. The highest BCUT2D eigenvalue weighted by molar-refractivity contribution is 7.18. The molecule has 0 bridgehead atoms. The highest BCUT2D eigenvalue weighted by atomic mass is 35.5. The summed E-state index contributed by atoms with van der Waals surface area (Å²) in [4.78, 5) is 16.3. The highest BCUT2D eigenvalue weighted by Crippen LogP contribution is 2.64. The van der Waals surface area contributed by atoms with Crippen LogP contribution < -0.4 is 0 Å². The second kappa shape index (κ2) is 4.33. The zero-order chi connectivity index (χ0) is 13.7. The molecule has 6 heteroatoms. The molecule has 100 valence electrons. The Morgan fingerprint density at radius 3 is 2.79 bits per heavy atom. The molecule has 3 rings (SSSR count). The van der Waals surface area contributed by atoms with Gasteiger partial charge >= 0.3 is 5.97 Å². The second-order valence-electron chi connectivity index (χ2n) is 4.86. The first kappa shape index (κ1) is 13.2. The quantitative estimate of drug-likeness (QED) is 0.636. The predicted molar refractivity (Wildman–Crippen MR) is 76.6 cm³/mol. The number of hydrogen-bond donors (Lipinski definition) is 0. The lowest BCUT2D eigenvalue weighted by Crippen LogP contribution is -2.21. The van der Waals surface area contributed by atoms with Crippen LogP contribution in [0.1, 0.15) is 18.4 Å². The summed E-state index contributed by atoms with van der Waals surface area (Å²) in [7, 11) is 0. The van der Waals surface area contributed by atoms with Gasteiger partial charge in [0.05, 0.1) is 10.2 Å². The number of rotatable bonds is 3. The number of benzene rings is 1. The Balaban J connectivity index is 1.68. The van der Waals surface area contributed by atoms with Crippen LogP contribution in [-0.2, 0) is 16.1 Å². The molecule has 1 aromatic heterocycles. The molecular weight excluding hydrogens is 305 g/mol. The molecule has 1 heterocycles. The number of nitrogens with zero attached hydrogens (tertiary/aromatic N) is 1. The summed E-state index contributed by atoms with van der Waals surface area (Å²) >= 11 is 13.4. The molecule has 0 N–H and O–H groups in total. The van der Waals surface area contributed by atoms with Crippen LogP contribution in [0.3, 0.4) is 0 Å². The number of esters is 1. The molecule has 0 amide bonds. The number of aromatic nitrogens is 1. The third-order valence-electron chi connectivity index (χ3n) is 3.37. The number of carbonyl (C=O) groups is 1. The minimum Gasteiger partial charge on any atom is -0.458 e. The lowest BCUT2D eigenvalue weighted by molar-refractivity contribution is -0.150. The molecule has 1 saturated carbocycles. The Morgan fingerprint density at radius 2 is 2.16 bits per heavy atom. The zero-order valence-corrected chi connectivity index (χ0v) is 12.5. The Labute approximate surface area is 124 Å². The second-order valence-corrected chi connectivity index (χ2v) is 7.46. The van der Waals surface area contributed by atoms with Crippen molar-refractivity contribution in [1.29, 1.82) is 0 Å². The van der Waals surface area contributed by atoms with Crippen molar-refractivity contribution in [3.63, 3.8) is 0 Å². The molecule has 0 radical (unpaired) electrons. The number of hydrogen-bond acceptors (Lipinski definition) is 4. The maximum atomic E-state index is 11.9. The molecule has 0 aliphatic heterocycles. The van der Waals surface area contributed by atoms with E-state index >= 15 is 0 Å². The Kier molecular flexibility index (Phi) is 3.00. The van der Waals surface area contributed by atoms with Crippen molar-refractivity contribution < 1.29 is 9.53 Å². The standard InChI is InChI=1S/C13H11Cl2NO2S/c1-12(7-13(12,14)15)11(17)18-6-10-16-8-4-2-3-5-9(8)19-10/h2-5H,6-7H2,1H3/t12-/m1/s1. The first-order valence-electron chi connectivity index (χ1n) is 5.82. The molecule has 0 spiro atoms. The van der Waals surface area contributed by atoms with Gasteiger partial charge in [0, 0.05) is 6.42 Å². The molecule has 0 saturated heterocycles. The van der Waals surface area contributed by atoms with Crippen molar-refractivity contribution in [2.75, 3.05) is 0 Å². The Morgan fingerprint density at radius 1 is 1.47 bits per heavy atom. The maximum Gasteiger partial charge on any atom is 0.315 e. The largest absolute Gasteiger partial charge is 0.458 e. The number of halogens is 2. The van der Waals surface area contributed by atoms with Gasteiger partial charge in [-0.1, -0.05) is 12.1 Å². The van der Waals surface area contributed by atoms with E-state index in [9.17, 15) is 4.79 Å². The highest BCUT2D eigenvalue weighted by Gasteiger charge is 2.69. The molecule has 1 fully saturated rings. The van der Waals surface area contributed by atoms with Crippen molar-refractivity contribution in [3.8, 4) is 0 Å². The fourth-order valence-electron chi connectivity index (χ4n) is 1.89. The lowest BCUT2D eigenvalue weighted by atomic mass is 10.1. The van der Waals surface area contributed by atoms with Crippen LogP contribution in [0.5, 0.6) is 0 Å². The maximum absolute atomic E-state index is 11.9. The van der Waals surface area contributed by atoms with Crippen molar-refractivity contribution in [1.82, 2.24) is 4.98 Å². The van der Waals surface area contributed by atoms with Gasteiger partial charge in [-0.05, 0) is 19.1 Å². The van der Waals surface area contributed by atoms with Gasteiger partial charge in [-0.25, -0.2) is 4.98 Å². The molecule has 1 aliphatic carbocycles. The fraction of sp³-hybridized carbons (Fsp3) is 0.385. The first-order chi connectivity index (χ1) is 8.92. The minimum atomic E-state index is -0.988. The summed E-state index contributed by atoms with van der Waals surface area (Å²) in [6, 6.07) is 7.81. The third kappa shape index (κ3) is 2.22. The molecule has 2 aromatic rings. The number of para-hydroxylation sites is 1. The molecule has 1 aromatic carbocycles. The van der Waals surface area contributed by atoms with Gasteiger partial charge in [0.15, 0.2) is 0 Å². The predicted octanol–water partition coefficient (Wildman–Crippen LogP) is 3.92. The molecule has 1 atom stereocenters. The molecule has 1 aliphatic rings. The van der Waals surface area contributed by atoms with E-state index in [-0.39, 0.29) is 12.6 Å². The molecule has 3 nitrogen and oxygen atoms in total. The average Bonchev–Trinajstić information content (AvgIpc) is 2.75. The van der Waals surface area contributed by atoms with Crippen LogP contribution >= 0.6 is 34.5 Å². The summed E-state index contributed by atoms with van der Waals surface area (Å²) < 4.78 is 5.35. The van der Waals surface area contributed by atoms with E-state index in [1.165, 1.54) is 11.3 Å². The third-order valence-corrected chi connectivity index (χ3v) is 5.48. The number of fused-ring (bicyclic) bond motifs is 1. The van der Waals surface area contributed by atoms with Gasteiger partial charge in [0.1, 0.15) is 21.4 Å². The minimum absolute atomic E-state index is 0.164. The smallest absolute Gasteiger partial charge is 0.315 e. The number of thiazole rings is 1. The first-order valence-corrected chi connectivity index (χ1v) is 7.39. The fourth-order valence-corrected chi connectivity index (χ4v) is 3.46. The summed E-state index contributed by atoms with van der Waals surface area (Å²) in [5, 5.41) is 0.772. The normalized spacial score (nSPS) is 24.4.